The number of hydrogen-bond donors (Lipinski definition) is 0. The van der Waals surface area contributed by atoms with E-state index in [4.69, 9.17) is 0 Å². The van der Waals surface area contributed by atoms with Gasteiger partial charge < -0.3 is 0 Å². The molecule has 12 rings (SSSR count). The van der Waals surface area contributed by atoms with E-state index in [0.29, 0.717) is 0 Å². The van der Waals surface area contributed by atoms with E-state index in [2.05, 4.69) is 67.6 Å². The van der Waals surface area contributed by atoms with Crippen LogP contribution in [0.3, 0.4) is 0 Å². The molecule has 0 aliphatic carbocycles. The molecule has 0 bridgehead atoms. The number of benzene rings is 2. The SMILES string of the molecule is C[C]12[CH]3[CH]4[CH]5[CH]1[Fe]45321678[CH]2[CH]1[CH]6[C]7(P(c1ccccc1)c1ccccc1)[CH]28. The van der Waals surface area contributed by atoms with Crippen molar-refractivity contribution < 1.29 is 6.51 Å². The monoisotopic (exact) mass is 384 g/mol. The molecule has 0 N–H and O–H groups in total. The Labute approximate surface area is 139 Å². The standard InChI is InChI=1S/C17H14P.C6H7.Fe/c1-3-9-15(10-4-1)18(17-13-7-8-14-17)16-11-5-2-6-12-16;1-6-4-2-3-5-6;/h1-14H;2-5H,1H3;. The molecule has 1 spiro atoms. The van der Waals surface area contributed by atoms with Gasteiger partial charge in [-0.15, -0.1) is 0 Å². The Bertz CT molecular complexity index is 1470. The molecular formula is C23H21FeP. The molecule has 10 aliphatic heterocycles. The van der Waals surface area contributed by atoms with Crippen LogP contribution in [0.25, 0.3) is 0 Å². The summed E-state index contributed by atoms with van der Waals surface area (Å²) >= 11 is 0. The normalized spacial score (nSPS) is 87.8. The van der Waals surface area contributed by atoms with Crippen molar-refractivity contribution in [2.24, 2.45) is 0 Å². The van der Waals surface area contributed by atoms with E-state index in [1.165, 1.54) is 38.5 Å². The third-order valence-electron chi connectivity index (χ3n) is 17.8. The van der Waals surface area contributed by atoms with Crippen LogP contribution in [0.5, 0.6) is 0 Å². The van der Waals surface area contributed by atoms with Gasteiger partial charge in [-0.3, -0.25) is 0 Å². The van der Waals surface area contributed by atoms with E-state index >= 15 is 0 Å². The molecule has 2 aromatic carbocycles. The molecule has 0 nitrogen and oxygen atoms in total. The fraction of sp³-hybridized carbons (Fsp3) is 0.478. The fourth-order valence-electron chi connectivity index (χ4n) is 19.8. The maximum absolute atomic E-state index is 3.22. The summed E-state index contributed by atoms with van der Waals surface area (Å²) in [4.78, 5) is 11.1. The second-order valence-corrected chi connectivity index (χ2v) is 39.4. The molecule has 0 saturated carbocycles. The molecule has 10 fully saturated rings. The van der Waals surface area contributed by atoms with Gasteiger partial charge in [-0.2, -0.15) is 0 Å². The maximum atomic E-state index is 2.88. The Morgan fingerprint density at radius 2 is 1.12 bits per heavy atom. The van der Waals surface area contributed by atoms with E-state index in [-0.39, 0.29) is 7.92 Å². The average molecular weight is 384 g/mol. The number of rotatable bonds is 3. The van der Waals surface area contributed by atoms with Gasteiger partial charge in [0, 0.05) is 0 Å². The van der Waals surface area contributed by atoms with Gasteiger partial charge in [-0.05, 0) is 0 Å². The van der Waals surface area contributed by atoms with Gasteiger partial charge in [0.15, 0.2) is 0 Å². The molecule has 8 atom stereocenters. The minimum absolute atomic E-state index is 0.100. The molecule has 10 aliphatic rings. The van der Waals surface area contributed by atoms with Crippen LogP contribution in [0.2, 0.25) is 42.8 Å². The predicted octanol–water partition coefficient (Wildman–Crippen LogP) is 5.81. The van der Waals surface area contributed by atoms with Crippen LogP contribution >= 0.6 is 7.92 Å². The summed E-state index contributed by atoms with van der Waals surface area (Å²) in [6.45, 7) is -0.341. The molecule has 126 valence electrons. The Balaban J connectivity index is 1.32. The van der Waals surface area contributed by atoms with E-state index in [1.807, 2.05) is 0 Å². The summed E-state index contributed by atoms with van der Waals surface area (Å²) < 4.78 is 1.96. The van der Waals surface area contributed by atoms with Crippen LogP contribution in [-0.4, -0.2) is 4.05 Å². The van der Waals surface area contributed by atoms with Crippen molar-refractivity contribution in [3.8, 4) is 0 Å². The van der Waals surface area contributed by atoms with Crippen LogP contribution in [0.1, 0.15) is 6.92 Å². The van der Waals surface area contributed by atoms with Crippen LogP contribution in [0.15, 0.2) is 60.7 Å². The Morgan fingerprint density at radius 3 is 1.40 bits per heavy atom. The van der Waals surface area contributed by atoms with Crippen LogP contribution in [-0.2, 0) is 6.51 Å². The Kier molecular flexibility index (Phi) is 0.506. The second kappa shape index (κ2) is 1.19. The Morgan fingerprint density at radius 1 is 0.680 bits per heavy atom. The van der Waals surface area contributed by atoms with Crippen molar-refractivity contribution >= 4 is 18.5 Å². The van der Waals surface area contributed by atoms with Gasteiger partial charge in [0.05, 0.1) is 0 Å². The molecule has 10 saturated heterocycles. The van der Waals surface area contributed by atoms with E-state index in [0.717, 1.165) is 8.37 Å². The molecular weight excluding hydrogens is 363 g/mol. The van der Waals surface area contributed by atoms with Gasteiger partial charge in [0.1, 0.15) is 0 Å². The van der Waals surface area contributed by atoms with Crippen molar-refractivity contribution in [3.63, 3.8) is 0 Å². The second-order valence-electron chi connectivity index (χ2n) is 13.1. The van der Waals surface area contributed by atoms with Crippen LogP contribution < -0.4 is 10.6 Å². The summed E-state index contributed by atoms with van der Waals surface area (Å²) in [5, 5.41) is 3.47. The number of fused-ring (bicyclic) bond motifs is 10. The third kappa shape index (κ3) is 0.164. The zero-order valence-corrected chi connectivity index (χ0v) is 16.2. The van der Waals surface area contributed by atoms with Crippen molar-refractivity contribution in [1.29, 1.82) is 0 Å². The topological polar surface area (TPSA) is 0 Å². The Hall–Kier alpha value is -0.611. The predicted molar refractivity (Wildman–Crippen MR) is 100 cm³/mol. The molecule has 10 heterocycles. The van der Waals surface area contributed by atoms with Gasteiger partial charge >= 0.3 is 140 Å². The van der Waals surface area contributed by atoms with Crippen molar-refractivity contribution in [3.05, 3.63) is 60.7 Å². The summed E-state index contributed by atoms with van der Waals surface area (Å²) in [7, 11) is -0.100. The zero-order chi connectivity index (χ0) is 15.7. The molecule has 25 heavy (non-hydrogen) atoms. The first-order valence-electron chi connectivity index (χ1n) is 10.1. The molecule has 2 aromatic rings. The molecule has 0 aromatic heterocycles. The summed E-state index contributed by atoms with van der Waals surface area (Å²) in [6, 6.07) is 23.8. The summed E-state index contributed by atoms with van der Waals surface area (Å²) in [5.41, 5.74) is 0. The van der Waals surface area contributed by atoms with Gasteiger partial charge in [-0.25, -0.2) is 0 Å². The molecule has 0 radical (unpaired) electrons. The first-order chi connectivity index (χ1) is 12.0. The van der Waals surface area contributed by atoms with Crippen molar-refractivity contribution in [2.45, 2.75) is 53.8 Å². The average Bonchev–Trinajstić information content (AvgIpc) is 3.60. The quantitative estimate of drug-likeness (QED) is 0.463. The van der Waals surface area contributed by atoms with Crippen LogP contribution in [0, 0.1) is 0 Å². The van der Waals surface area contributed by atoms with Crippen molar-refractivity contribution in [2.75, 3.05) is 0 Å². The number of hydrogen-bond acceptors (Lipinski definition) is 0. The van der Waals surface area contributed by atoms with Gasteiger partial charge in [-0.1, -0.05) is 0 Å². The van der Waals surface area contributed by atoms with E-state index in [9.17, 15) is 0 Å². The van der Waals surface area contributed by atoms with Gasteiger partial charge in [0.2, 0.25) is 0 Å². The fourth-order valence-corrected chi connectivity index (χ4v) is 112. The molecule has 2 heteroatoms. The third-order valence-corrected chi connectivity index (χ3v) is 69.0. The summed E-state index contributed by atoms with van der Waals surface area (Å²) in [5.74, 6) is 0. The van der Waals surface area contributed by atoms with E-state index in [1.54, 1.807) is 10.6 Å². The molecule has 8 unspecified atom stereocenters. The first kappa shape index (κ1) is 10.7. The van der Waals surface area contributed by atoms with Gasteiger partial charge in [0.25, 0.3) is 0 Å². The minimum atomic E-state index is -3.22. The zero-order valence-electron chi connectivity index (χ0n) is 14.2. The van der Waals surface area contributed by atoms with E-state index < -0.39 is 6.51 Å². The summed E-state index contributed by atoms with van der Waals surface area (Å²) in [6.07, 6.45) is 0. The van der Waals surface area contributed by atoms with Crippen molar-refractivity contribution in [1.82, 2.24) is 0 Å². The van der Waals surface area contributed by atoms with Crippen LogP contribution in [0.4, 0.5) is 0 Å². The molecule has 0 amide bonds. The first-order valence-corrected chi connectivity index (χ1v) is 17.7.